The van der Waals surface area contributed by atoms with Crippen LogP contribution in [0, 0.1) is 0 Å². The number of aliphatic hydroxyl groups is 1. The highest BCUT2D eigenvalue weighted by Gasteiger charge is 2.05. The number of allylic oxidation sites excluding steroid dienone is 7. The molecule has 1 rings (SSSR count). The van der Waals surface area contributed by atoms with Crippen LogP contribution in [0.25, 0.3) is 0 Å². The smallest absolute Gasteiger partial charge is 0.150 e. The topological polar surface area (TPSA) is 57.5 Å². The molecule has 0 aliphatic carbocycles. The van der Waals surface area contributed by atoms with Gasteiger partial charge in [-0.25, -0.2) is 0 Å². The van der Waals surface area contributed by atoms with Gasteiger partial charge in [0.2, 0.25) is 0 Å². The molecule has 0 aliphatic rings. The molecular weight excluding hydrogens is 372 g/mol. The molecule has 2 N–H and O–H groups in total. The molecule has 1 aromatic carbocycles. The number of rotatable bonds is 12. The van der Waals surface area contributed by atoms with Gasteiger partial charge in [0.1, 0.15) is 12.0 Å². The Hall–Kier alpha value is -2.39. The standard InChI is InChI=1S/C27H38O3/c1-21(9-6-11-22(2)13-8-18-27(4,5)30)10-7-12-23(3)14-16-25-19-24(20-28)15-17-26(25)29/h8,10-11,14-15,17-20,29-30H,6-7,9,12-13,16H2,1-5H3/b18-8+,21-10+,22-11+,23-14+. The van der Waals surface area contributed by atoms with E-state index in [0.717, 1.165) is 44.0 Å². The van der Waals surface area contributed by atoms with Crippen molar-refractivity contribution in [2.75, 3.05) is 0 Å². The molecule has 0 atom stereocenters. The Morgan fingerprint density at radius 2 is 1.57 bits per heavy atom. The van der Waals surface area contributed by atoms with Gasteiger partial charge in [-0.05, 0) is 96.9 Å². The summed E-state index contributed by atoms with van der Waals surface area (Å²) < 4.78 is 0. The average molecular weight is 411 g/mol. The zero-order valence-electron chi connectivity index (χ0n) is 19.2. The van der Waals surface area contributed by atoms with Gasteiger partial charge >= 0.3 is 0 Å². The van der Waals surface area contributed by atoms with Crippen LogP contribution in [0.4, 0.5) is 0 Å². The van der Waals surface area contributed by atoms with Gasteiger partial charge in [-0.15, -0.1) is 0 Å². The van der Waals surface area contributed by atoms with Gasteiger partial charge in [0, 0.05) is 5.56 Å². The van der Waals surface area contributed by atoms with E-state index in [4.69, 9.17) is 0 Å². The van der Waals surface area contributed by atoms with Crippen molar-refractivity contribution in [2.45, 2.75) is 78.7 Å². The van der Waals surface area contributed by atoms with Gasteiger partial charge in [-0.3, -0.25) is 4.79 Å². The van der Waals surface area contributed by atoms with Gasteiger partial charge in [0.15, 0.2) is 0 Å². The lowest BCUT2D eigenvalue weighted by molar-refractivity contribution is 0.112. The number of aldehydes is 1. The van der Waals surface area contributed by atoms with Crippen LogP contribution in [0.2, 0.25) is 0 Å². The van der Waals surface area contributed by atoms with Crippen molar-refractivity contribution >= 4 is 6.29 Å². The number of hydrogen-bond acceptors (Lipinski definition) is 3. The minimum absolute atomic E-state index is 0.235. The highest BCUT2D eigenvalue weighted by molar-refractivity contribution is 5.75. The summed E-state index contributed by atoms with van der Waals surface area (Å²) >= 11 is 0. The molecule has 0 aliphatic heterocycles. The minimum Gasteiger partial charge on any atom is -0.508 e. The van der Waals surface area contributed by atoms with Crippen LogP contribution in [0.15, 0.2) is 65.3 Å². The minimum atomic E-state index is -0.744. The van der Waals surface area contributed by atoms with Crippen LogP contribution < -0.4 is 0 Å². The molecule has 0 heterocycles. The summed E-state index contributed by atoms with van der Waals surface area (Å²) in [4.78, 5) is 10.9. The van der Waals surface area contributed by atoms with E-state index < -0.39 is 5.60 Å². The number of carbonyl (C=O) groups is 1. The van der Waals surface area contributed by atoms with Crippen molar-refractivity contribution in [3.63, 3.8) is 0 Å². The van der Waals surface area contributed by atoms with E-state index in [1.54, 1.807) is 32.0 Å². The maximum absolute atomic E-state index is 10.9. The number of phenols is 1. The Bertz CT molecular complexity index is 802. The third-order valence-corrected chi connectivity index (χ3v) is 4.94. The Balaban J connectivity index is 2.40. The Morgan fingerprint density at radius 3 is 2.17 bits per heavy atom. The van der Waals surface area contributed by atoms with Crippen LogP contribution >= 0.6 is 0 Å². The maximum atomic E-state index is 10.9. The quantitative estimate of drug-likeness (QED) is 0.292. The van der Waals surface area contributed by atoms with Gasteiger partial charge in [-0.1, -0.05) is 47.1 Å². The van der Waals surface area contributed by atoms with Crippen molar-refractivity contribution in [3.05, 3.63) is 76.4 Å². The molecule has 3 heteroatoms. The van der Waals surface area contributed by atoms with E-state index in [1.807, 2.05) is 12.2 Å². The summed E-state index contributed by atoms with van der Waals surface area (Å²) in [7, 11) is 0. The summed E-state index contributed by atoms with van der Waals surface area (Å²) in [5, 5.41) is 19.6. The first-order valence-electron chi connectivity index (χ1n) is 10.7. The van der Waals surface area contributed by atoms with Gasteiger partial charge in [0.05, 0.1) is 5.60 Å². The second kappa shape index (κ2) is 13.0. The van der Waals surface area contributed by atoms with E-state index in [0.29, 0.717) is 12.0 Å². The van der Waals surface area contributed by atoms with Gasteiger partial charge in [0.25, 0.3) is 0 Å². The first kappa shape index (κ1) is 25.6. The van der Waals surface area contributed by atoms with E-state index in [2.05, 4.69) is 39.0 Å². The normalized spacial score (nSPS) is 13.9. The fraction of sp³-hybridized carbons (Fsp3) is 0.444. The SMILES string of the molecule is C/C(=C\CC/C(C)=C/CC/C(C)=C/Cc1cc(C=O)ccc1O)C/C=C/C(C)(C)O. The summed E-state index contributed by atoms with van der Waals surface area (Å²) in [5.74, 6) is 0.235. The molecule has 0 fully saturated rings. The second-order valence-electron chi connectivity index (χ2n) is 8.70. The van der Waals surface area contributed by atoms with Crippen molar-refractivity contribution < 1.29 is 15.0 Å². The monoisotopic (exact) mass is 410 g/mol. The number of carbonyl (C=O) groups excluding carboxylic acids is 1. The number of phenolic OH excluding ortho intramolecular Hbond substituents is 1. The summed E-state index contributed by atoms with van der Waals surface area (Å²) in [6, 6.07) is 4.94. The average Bonchev–Trinajstić information content (AvgIpc) is 2.66. The molecule has 0 saturated heterocycles. The number of hydrogen-bond donors (Lipinski definition) is 2. The van der Waals surface area contributed by atoms with E-state index >= 15 is 0 Å². The molecule has 0 bridgehead atoms. The van der Waals surface area contributed by atoms with Crippen molar-refractivity contribution in [2.24, 2.45) is 0 Å². The molecule has 0 unspecified atom stereocenters. The lowest BCUT2D eigenvalue weighted by atomic mass is 10.0. The predicted molar refractivity (Wildman–Crippen MR) is 127 cm³/mol. The molecule has 3 nitrogen and oxygen atoms in total. The van der Waals surface area contributed by atoms with Crippen molar-refractivity contribution in [1.82, 2.24) is 0 Å². The first-order chi connectivity index (χ1) is 14.1. The van der Waals surface area contributed by atoms with Crippen LogP contribution in [0.3, 0.4) is 0 Å². The zero-order chi connectivity index (χ0) is 22.6. The summed E-state index contributed by atoms with van der Waals surface area (Å²) in [5.41, 5.74) is 4.63. The summed E-state index contributed by atoms with van der Waals surface area (Å²) in [6.07, 6.45) is 17.0. The Morgan fingerprint density at radius 1 is 0.967 bits per heavy atom. The lowest BCUT2D eigenvalue weighted by Gasteiger charge is -2.10. The van der Waals surface area contributed by atoms with Crippen LogP contribution in [-0.4, -0.2) is 22.1 Å². The third-order valence-electron chi connectivity index (χ3n) is 4.94. The van der Waals surface area contributed by atoms with E-state index in [-0.39, 0.29) is 5.75 Å². The number of benzene rings is 1. The summed E-state index contributed by atoms with van der Waals surface area (Å²) in [6.45, 7) is 9.98. The highest BCUT2D eigenvalue weighted by Crippen LogP contribution is 2.20. The van der Waals surface area contributed by atoms with Crippen LogP contribution in [-0.2, 0) is 6.42 Å². The van der Waals surface area contributed by atoms with E-state index in [1.165, 1.54) is 16.7 Å². The van der Waals surface area contributed by atoms with Gasteiger partial charge < -0.3 is 10.2 Å². The maximum Gasteiger partial charge on any atom is 0.150 e. The Labute approximate surface area is 182 Å². The highest BCUT2D eigenvalue weighted by atomic mass is 16.3. The molecule has 0 radical (unpaired) electrons. The molecule has 1 aromatic rings. The second-order valence-corrected chi connectivity index (χ2v) is 8.70. The van der Waals surface area contributed by atoms with Crippen LogP contribution in [0.5, 0.6) is 5.75 Å². The van der Waals surface area contributed by atoms with Crippen molar-refractivity contribution in [1.29, 1.82) is 0 Å². The fourth-order valence-corrected chi connectivity index (χ4v) is 3.04. The lowest BCUT2D eigenvalue weighted by Crippen LogP contribution is -2.13. The van der Waals surface area contributed by atoms with Crippen LogP contribution in [0.1, 0.15) is 82.6 Å². The first-order valence-corrected chi connectivity index (χ1v) is 10.7. The number of aromatic hydroxyl groups is 1. The molecule has 30 heavy (non-hydrogen) atoms. The fourth-order valence-electron chi connectivity index (χ4n) is 3.04. The van der Waals surface area contributed by atoms with E-state index in [9.17, 15) is 15.0 Å². The van der Waals surface area contributed by atoms with Gasteiger partial charge in [-0.2, -0.15) is 0 Å². The zero-order valence-corrected chi connectivity index (χ0v) is 19.2. The molecule has 0 saturated carbocycles. The third kappa shape index (κ3) is 11.6. The molecule has 0 aromatic heterocycles. The largest absolute Gasteiger partial charge is 0.508 e. The molecule has 0 spiro atoms. The predicted octanol–water partition coefficient (Wildman–Crippen LogP) is 6.86. The Kier molecular flexibility index (Phi) is 11.1. The van der Waals surface area contributed by atoms with Crippen molar-refractivity contribution in [3.8, 4) is 5.75 Å². The molecular formula is C27H38O3. The molecule has 164 valence electrons. The molecule has 0 amide bonds.